The van der Waals surface area contributed by atoms with Crippen LogP contribution in [0.1, 0.15) is 16.7 Å². The molecule has 0 aliphatic carbocycles. The van der Waals surface area contributed by atoms with Crippen LogP contribution in [0.5, 0.6) is 16.6 Å². The molecule has 5 rings (SSSR count). The summed E-state index contributed by atoms with van der Waals surface area (Å²) in [5.41, 5.74) is 4.63. The summed E-state index contributed by atoms with van der Waals surface area (Å²) in [6.45, 7) is 8.07. The number of nitrogens with zero attached hydrogens (tertiary/aromatic N) is 2. The summed E-state index contributed by atoms with van der Waals surface area (Å²) >= 11 is 1.44. The highest BCUT2D eigenvalue weighted by molar-refractivity contribution is 7.12. The van der Waals surface area contributed by atoms with E-state index in [0.29, 0.717) is 36.2 Å². The number of thiophene rings is 1. The molecule has 35 heavy (non-hydrogen) atoms. The van der Waals surface area contributed by atoms with Crippen molar-refractivity contribution in [2.45, 2.75) is 13.2 Å². The second kappa shape index (κ2) is 11.6. The molecule has 0 radical (unpaired) electrons. The van der Waals surface area contributed by atoms with E-state index in [1.54, 1.807) is 0 Å². The van der Waals surface area contributed by atoms with Gasteiger partial charge in [0, 0.05) is 43.7 Å². The normalized spacial score (nSPS) is 15.5. The first-order valence-electron chi connectivity index (χ1n) is 11.9. The Kier molecular flexibility index (Phi) is 7.81. The second-order valence-corrected chi connectivity index (χ2v) is 9.36. The molecule has 0 atom stereocenters. The lowest BCUT2D eigenvalue weighted by Gasteiger charge is -2.26. The SMILES string of the molecule is N#Cc1c(-c2ccc3c(c2)OCCO3)csc1OCc1ccc(CNCCN2CCOCC2)cc1. The molecule has 3 heterocycles. The van der Waals surface area contributed by atoms with Crippen molar-refractivity contribution < 1.29 is 18.9 Å². The van der Waals surface area contributed by atoms with Gasteiger partial charge in [-0.25, -0.2) is 0 Å². The minimum absolute atomic E-state index is 0.417. The number of rotatable bonds is 9. The molecule has 182 valence electrons. The van der Waals surface area contributed by atoms with Crippen molar-refractivity contribution in [3.8, 4) is 33.8 Å². The van der Waals surface area contributed by atoms with Gasteiger partial charge >= 0.3 is 0 Å². The van der Waals surface area contributed by atoms with Crippen LogP contribution in [0.4, 0.5) is 0 Å². The van der Waals surface area contributed by atoms with Crippen LogP contribution in [0.3, 0.4) is 0 Å². The van der Waals surface area contributed by atoms with Crippen molar-refractivity contribution in [2.24, 2.45) is 0 Å². The van der Waals surface area contributed by atoms with Crippen LogP contribution in [-0.4, -0.2) is 57.5 Å². The lowest BCUT2D eigenvalue weighted by Crippen LogP contribution is -2.40. The summed E-state index contributed by atoms with van der Waals surface area (Å²) in [7, 11) is 0. The van der Waals surface area contributed by atoms with Gasteiger partial charge in [0.05, 0.1) is 13.2 Å². The molecule has 2 aromatic carbocycles. The summed E-state index contributed by atoms with van der Waals surface area (Å²) < 4.78 is 22.7. The molecule has 1 N–H and O–H groups in total. The van der Waals surface area contributed by atoms with Gasteiger partial charge in [-0.05, 0) is 28.8 Å². The van der Waals surface area contributed by atoms with E-state index in [-0.39, 0.29) is 0 Å². The standard InChI is InChI=1S/C27H29N3O4S/c28-16-23-24(22-5-6-25-26(15-22)33-14-13-32-25)19-35-27(23)34-18-21-3-1-20(2-4-21)17-29-7-8-30-9-11-31-12-10-30/h1-6,15,19,29H,7-14,17-18H2. The molecular weight excluding hydrogens is 462 g/mol. The molecule has 7 nitrogen and oxygen atoms in total. The van der Waals surface area contributed by atoms with E-state index in [4.69, 9.17) is 18.9 Å². The van der Waals surface area contributed by atoms with Crippen LogP contribution in [-0.2, 0) is 17.9 Å². The maximum atomic E-state index is 9.81. The van der Waals surface area contributed by atoms with Gasteiger partial charge in [0.15, 0.2) is 16.6 Å². The fourth-order valence-corrected chi connectivity index (χ4v) is 5.05. The van der Waals surface area contributed by atoms with Crippen LogP contribution in [0, 0.1) is 11.3 Å². The molecule has 1 fully saturated rings. The van der Waals surface area contributed by atoms with E-state index >= 15 is 0 Å². The zero-order valence-electron chi connectivity index (χ0n) is 19.6. The molecular formula is C27H29N3O4S. The summed E-state index contributed by atoms with van der Waals surface area (Å²) in [6, 6.07) is 16.5. The Morgan fingerprint density at radius 3 is 2.54 bits per heavy atom. The van der Waals surface area contributed by atoms with E-state index in [2.05, 4.69) is 40.6 Å². The minimum Gasteiger partial charge on any atom is -0.486 e. The first-order valence-corrected chi connectivity index (χ1v) is 12.8. The molecule has 2 aliphatic rings. The third kappa shape index (κ3) is 5.95. The zero-order chi connectivity index (χ0) is 23.9. The predicted octanol–water partition coefficient (Wildman–Crippen LogP) is 4.06. The number of morpholine rings is 1. The van der Waals surface area contributed by atoms with E-state index in [1.165, 1.54) is 16.9 Å². The highest BCUT2D eigenvalue weighted by Crippen LogP contribution is 2.40. The van der Waals surface area contributed by atoms with Crippen molar-refractivity contribution in [1.29, 1.82) is 5.26 Å². The van der Waals surface area contributed by atoms with Gasteiger partial charge in [0.25, 0.3) is 0 Å². The Morgan fingerprint density at radius 2 is 1.74 bits per heavy atom. The monoisotopic (exact) mass is 491 g/mol. The van der Waals surface area contributed by atoms with Crippen LogP contribution in [0.25, 0.3) is 11.1 Å². The molecule has 0 saturated carbocycles. The molecule has 0 spiro atoms. The van der Waals surface area contributed by atoms with Crippen molar-refractivity contribution in [3.05, 3.63) is 64.5 Å². The fourth-order valence-electron chi connectivity index (χ4n) is 4.17. The Balaban J connectivity index is 1.14. The van der Waals surface area contributed by atoms with Crippen molar-refractivity contribution in [1.82, 2.24) is 10.2 Å². The maximum absolute atomic E-state index is 9.81. The molecule has 8 heteroatoms. The molecule has 2 aliphatic heterocycles. The third-order valence-electron chi connectivity index (χ3n) is 6.15. The van der Waals surface area contributed by atoms with E-state index < -0.39 is 0 Å². The van der Waals surface area contributed by atoms with Crippen LogP contribution >= 0.6 is 11.3 Å². The summed E-state index contributed by atoms with van der Waals surface area (Å²) in [6.07, 6.45) is 0. The van der Waals surface area contributed by atoms with Gasteiger partial charge in [-0.2, -0.15) is 5.26 Å². The average Bonchev–Trinajstić information content (AvgIpc) is 3.34. The predicted molar refractivity (Wildman–Crippen MR) is 135 cm³/mol. The van der Waals surface area contributed by atoms with Crippen molar-refractivity contribution in [3.63, 3.8) is 0 Å². The third-order valence-corrected chi connectivity index (χ3v) is 7.04. The Morgan fingerprint density at radius 1 is 0.971 bits per heavy atom. The van der Waals surface area contributed by atoms with Gasteiger partial charge in [-0.3, -0.25) is 4.90 Å². The van der Waals surface area contributed by atoms with Gasteiger partial charge in [0.2, 0.25) is 0 Å². The Hall–Kier alpha value is -3.09. The number of benzene rings is 2. The molecule has 1 aromatic heterocycles. The van der Waals surface area contributed by atoms with Crippen LogP contribution < -0.4 is 19.5 Å². The molecule has 0 amide bonds. The summed E-state index contributed by atoms with van der Waals surface area (Å²) in [5, 5.41) is 15.9. The van der Waals surface area contributed by atoms with Gasteiger partial charge in [0.1, 0.15) is 31.5 Å². The fraction of sp³-hybridized carbons (Fsp3) is 0.370. The van der Waals surface area contributed by atoms with Gasteiger partial charge in [-0.1, -0.05) is 30.3 Å². The molecule has 1 saturated heterocycles. The van der Waals surface area contributed by atoms with Gasteiger partial charge in [-0.15, -0.1) is 11.3 Å². The molecule has 0 bridgehead atoms. The number of fused-ring (bicyclic) bond motifs is 1. The van der Waals surface area contributed by atoms with Crippen molar-refractivity contribution in [2.75, 3.05) is 52.6 Å². The zero-order valence-corrected chi connectivity index (χ0v) is 20.4. The summed E-state index contributed by atoms with van der Waals surface area (Å²) in [5.74, 6) is 1.45. The minimum atomic E-state index is 0.417. The van der Waals surface area contributed by atoms with Crippen LogP contribution in [0.15, 0.2) is 47.8 Å². The van der Waals surface area contributed by atoms with Crippen LogP contribution in [0.2, 0.25) is 0 Å². The maximum Gasteiger partial charge on any atom is 0.192 e. The van der Waals surface area contributed by atoms with E-state index in [1.807, 2.05) is 23.6 Å². The number of ether oxygens (including phenoxy) is 4. The Labute approximate surface area is 209 Å². The highest BCUT2D eigenvalue weighted by Gasteiger charge is 2.18. The first kappa shape index (κ1) is 23.6. The number of hydrogen-bond donors (Lipinski definition) is 1. The first-order chi connectivity index (χ1) is 17.3. The number of nitrogens with one attached hydrogen (secondary N) is 1. The molecule has 0 unspecified atom stereocenters. The topological polar surface area (TPSA) is 76.0 Å². The smallest absolute Gasteiger partial charge is 0.192 e. The van der Waals surface area contributed by atoms with E-state index in [9.17, 15) is 5.26 Å². The quantitative estimate of drug-likeness (QED) is 0.453. The number of hydrogen-bond acceptors (Lipinski definition) is 8. The Bertz CT molecular complexity index is 1170. The second-order valence-electron chi connectivity index (χ2n) is 8.52. The highest BCUT2D eigenvalue weighted by atomic mass is 32.1. The average molecular weight is 492 g/mol. The summed E-state index contributed by atoms with van der Waals surface area (Å²) in [4.78, 5) is 2.43. The lowest BCUT2D eigenvalue weighted by atomic mass is 10.0. The lowest BCUT2D eigenvalue weighted by molar-refractivity contribution is 0.0384. The van der Waals surface area contributed by atoms with E-state index in [0.717, 1.165) is 68.4 Å². The number of nitriles is 1. The molecule has 3 aromatic rings. The van der Waals surface area contributed by atoms with Gasteiger partial charge < -0.3 is 24.3 Å². The largest absolute Gasteiger partial charge is 0.486 e. The van der Waals surface area contributed by atoms with Crippen molar-refractivity contribution >= 4 is 11.3 Å².